The molecule has 0 aromatic carbocycles. The van der Waals surface area contributed by atoms with Gasteiger partial charge in [-0.3, -0.25) is 0 Å². The molecule has 0 saturated carbocycles. The van der Waals surface area contributed by atoms with Crippen LogP contribution in [0.4, 0.5) is 0 Å². The van der Waals surface area contributed by atoms with Gasteiger partial charge >= 0.3 is 0 Å². The lowest BCUT2D eigenvalue weighted by Gasteiger charge is -2.30. The smallest absolute Gasteiger partial charge is 0.00975 e. The SMILES string of the molecule is CCCNC(CCC)C(CC)C(C)C. The van der Waals surface area contributed by atoms with Gasteiger partial charge < -0.3 is 5.32 Å². The summed E-state index contributed by atoms with van der Waals surface area (Å²) in [6, 6.07) is 0.741. The van der Waals surface area contributed by atoms with Crippen LogP contribution in [-0.4, -0.2) is 12.6 Å². The van der Waals surface area contributed by atoms with Crippen LogP contribution in [-0.2, 0) is 0 Å². The normalized spacial score (nSPS) is 15.9. The quantitative estimate of drug-likeness (QED) is 0.626. The summed E-state index contributed by atoms with van der Waals surface area (Å²) in [4.78, 5) is 0. The first-order valence-electron chi connectivity index (χ1n) is 6.40. The van der Waals surface area contributed by atoms with Crippen molar-refractivity contribution >= 4 is 0 Å². The first kappa shape index (κ1) is 14.0. The standard InChI is InChI=1S/C13H29N/c1-6-9-13(14-10-7-2)12(8-3)11(4)5/h11-14H,6-10H2,1-5H3. The third-order valence-corrected chi connectivity index (χ3v) is 3.10. The molecule has 0 rings (SSSR count). The number of rotatable bonds is 8. The lowest BCUT2D eigenvalue weighted by atomic mass is 9.84. The van der Waals surface area contributed by atoms with Crippen molar-refractivity contribution in [3.63, 3.8) is 0 Å². The number of hydrogen-bond donors (Lipinski definition) is 1. The second-order valence-corrected chi connectivity index (χ2v) is 4.67. The molecule has 0 saturated heterocycles. The summed E-state index contributed by atoms with van der Waals surface area (Å²) in [6.45, 7) is 12.7. The molecule has 0 aliphatic heterocycles. The lowest BCUT2D eigenvalue weighted by Crippen LogP contribution is -2.38. The van der Waals surface area contributed by atoms with Gasteiger partial charge in [0.15, 0.2) is 0 Å². The summed E-state index contributed by atoms with van der Waals surface area (Å²) in [5, 5.41) is 3.70. The van der Waals surface area contributed by atoms with Crippen LogP contribution in [0.2, 0.25) is 0 Å². The van der Waals surface area contributed by atoms with Crippen LogP contribution >= 0.6 is 0 Å². The minimum absolute atomic E-state index is 0.741. The summed E-state index contributed by atoms with van der Waals surface area (Å²) in [5.74, 6) is 1.66. The third-order valence-electron chi connectivity index (χ3n) is 3.10. The van der Waals surface area contributed by atoms with Crippen LogP contribution in [0.1, 0.15) is 60.3 Å². The molecule has 1 heteroatoms. The summed E-state index contributed by atoms with van der Waals surface area (Å²) in [6.07, 6.45) is 5.18. The second kappa shape index (κ2) is 8.28. The van der Waals surface area contributed by atoms with E-state index in [1.807, 2.05) is 0 Å². The Labute approximate surface area is 90.7 Å². The molecule has 1 nitrogen and oxygen atoms in total. The van der Waals surface area contributed by atoms with Gasteiger partial charge in [0.25, 0.3) is 0 Å². The van der Waals surface area contributed by atoms with Crippen LogP contribution in [0.3, 0.4) is 0 Å². The summed E-state index contributed by atoms with van der Waals surface area (Å²) < 4.78 is 0. The molecule has 0 fully saturated rings. The zero-order chi connectivity index (χ0) is 11.0. The van der Waals surface area contributed by atoms with Gasteiger partial charge in [0.05, 0.1) is 0 Å². The van der Waals surface area contributed by atoms with Gasteiger partial charge in [-0.15, -0.1) is 0 Å². The lowest BCUT2D eigenvalue weighted by molar-refractivity contribution is 0.255. The minimum Gasteiger partial charge on any atom is -0.314 e. The van der Waals surface area contributed by atoms with Crippen LogP contribution in [0.15, 0.2) is 0 Å². The zero-order valence-electron chi connectivity index (χ0n) is 10.8. The maximum atomic E-state index is 3.70. The second-order valence-electron chi connectivity index (χ2n) is 4.67. The van der Waals surface area contributed by atoms with Crippen LogP contribution in [0, 0.1) is 11.8 Å². The Morgan fingerprint density at radius 3 is 2.00 bits per heavy atom. The molecular weight excluding hydrogens is 170 g/mol. The summed E-state index contributed by atoms with van der Waals surface area (Å²) in [7, 11) is 0. The van der Waals surface area contributed by atoms with Gasteiger partial charge in [-0.1, -0.05) is 47.5 Å². The molecule has 0 heterocycles. The van der Waals surface area contributed by atoms with E-state index in [-0.39, 0.29) is 0 Å². The monoisotopic (exact) mass is 199 g/mol. The molecule has 0 aromatic rings. The maximum Gasteiger partial charge on any atom is 0.00975 e. The number of nitrogens with one attached hydrogen (secondary N) is 1. The highest BCUT2D eigenvalue weighted by Crippen LogP contribution is 2.22. The Kier molecular flexibility index (Phi) is 8.26. The van der Waals surface area contributed by atoms with Crippen molar-refractivity contribution in [2.24, 2.45) is 11.8 Å². The molecule has 1 N–H and O–H groups in total. The van der Waals surface area contributed by atoms with Gasteiger partial charge in [0.2, 0.25) is 0 Å². The van der Waals surface area contributed by atoms with E-state index in [4.69, 9.17) is 0 Å². The van der Waals surface area contributed by atoms with Gasteiger partial charge in [-0.25, -0.2) is 0 Å². The Balaban J connectivity index is 4.12. The molecule has 0 aromatic heterocycles. The molecule has 14 heavy (non-hydrogen) atoms. The van der Waals surface area contributed by atoms with Crippen molar-refractivity contribution in [3.05, 3.63) is 0 Å². The highest BCUT2D eigenvalue weighted by molar-refractivity contribution is 4.77. The molecule has 0 spiro atoms. The van der Waals surface area contributed by atoms with E-state index >= 15 is 0 Å². The molecule has 0 aliphatic rings. The van der Waals surface area contributed by atoms with E-state index in [9.17, 15) is 0 Å². The Hall–Kier alpha value is -0.0400. The Bertz CT molecular complexity index is 120. The fraction of sp³-hybridized carbons (Fsp3) is 1.00. The van der Waals surface area contributed by atoms with Crippen molar-refractivity contribution < 1.29 is 0 Å². The van der Waals surface area contributed by atoms with E-state index in [0.29, 0.717) is 0 Å². The molecule has 86 valence electrons. The molecule has 0 radical (unpaired) electrons. The molecule has 2 atom stereocenters. The minimum atomic E-state index is 0.741. The van der Waals surface area contributed by atoms with Gasteiger partial charge in [0, 0.05) is 6.04 Å². The fourth-order valence-corrected chi connectivity index (χ4v) is 2.33. The maximum absolute atomic E-state index is 3.70. The van der Waals surface area contributed by atoms with E-state index in [2.05, 4.69) is 39.9 Å². The van der Waals surface area contributed by atoms with Crippen LogP contribution < -0.4 is 5.32 Å². The number of hydrogen-bond acceptors (Lipinski definition) is 1. The average molecular weight is 199 g/mol. The average Bonchev–Trinajstić information content (AvgIpc) is 2.14. The Morgan fingerprint density at radius 2 is 1.64 bits per heavy atom. The first-order valence-corrected chi connectivity index (χ1v) is 6.40. The predicted octanol–water partition coefficient (Wildman–Crippen LogP) is 3.84. The van der Waals surface area contributed by atoms with Crippen LogP contribution in [0.5, 0.6) is 0 Å². The topological polar surface area (TPSA) is 12.0 Å². The molecular formula is C13H29N. The van der Waals surface area contributed by atoms with Crippen molar-refractivity contribution in [3.8, 4) is 0 Å². The van der Waals surface area contributed by atoms with Gasteiger partial charge in [-0.05, 0) is 31.2 Å². The van der Waals surface area contributed by atoms with Crippen molar-refractivity contribution in [2.75, 3.05) is 6.54 Å². The zero-order valence-corrected chi connectivity index (χ0v) is 10.8. The largest absolute Gasteiger partial charge is 0.314 e. The summed E-state index contributed by atoms with van der Waals surface area (Å²) >= 11 is 0. The van der Waals surface area contributed by atoms with E-state index in [1.165, 1.54) is 32.2 Å². The van der Waals surface area contributed by atoms with Crippen molar-refractivity contribution in [1.29, 1.82) is 0 Å². The summed E-state index contributed by atoms with van der Waals surface area (Å²) in [5.41, 5.74) is 0. The highest BCUT2D eigenvalue weighted by atomic mass is 14.9. The molecule has 0 bridgehead atoms. The fourth-order valence-electron chi connectivity index (χ4n) is 2.33. The van der Waals surface area contributed by atoms with Crippen molar-refractivity contribution in [2.45, 2.75) is 66.3 Å². The van der Waals surface area contributed by atoms with Crippen molar-refractivity contribution in [1.82, 2.24) is 5.32 Å². The van der Waals surface area contributed by atoms with E-state index < -0.39 is 0 Å². The molecule has 0 aliphatic carbocycles. The van der Waals surface area contributed by atoms with Gasteiger partial charge in [0.1, 0.15) is 0 Å². The predicted molar refractivity (Wildman–Crippen MR) is 65.6 cm³/mol. The van der Waals surface area contributed by atoms with E-state index in [0.717, 1.165) is 17.9 Å². The molecule has 0 amide bonds. The third kappa shape index (κ3) is 4.99. The highest BCUT2D eigenvalue weighted by Gasteiger charge is 2.21. The first-order chi connectivity index (χ1) is 6.67. The van der Waals surface area contributed by atoms with E-state index in [1.54, 1.807) is 0 Å². The Morgan fingerprint density at radius 1 is 1.00 bits per heavy atom. The van der Waals surface area contributed by atoms with Gasteiger partial charge in [-0.2, -0.15) is 0 Å². The van der Waals surface area contributed by atoms with Crippen LogP contribution in [0.25, 0.3) is 0 Å². The molecule has 2 unspecified atom stereocenters.